The van der Waals surface area contributed by atoms with Crippen molar-refractivity contribution in [2.75, 3.05) is 13.2 Å². The Hall–Kier alpha value is -2.02. The van der Waals surface area contributed by atoms with Crippen molar-refractivity contribution in [3.8, 4) is 11.8 Å². The van der Waals surface area contributed by atoms with Crippen molar-refractivity contribution in [3.05, 3.63) is 29.3 Å². The molecule has 1 amide bonds. The molecule has 0 bridgehead atoms. The number of para-hydroxylation sites is 1. The van der Waals surface area contributed by atoms with E-state index in [1.165, 1.54) is 0 Å². The smallest absolute Gasteiger partial charge is 0.258 e. The molecule has 84 valence electrons. The van der Waals surface area contributed by atoms with Crippen molar-refractivity contribution in [2.45, 2.75) is 13.8 Å². The van der Waals surface area contributed by atoms with E-state index >= 15 is 0 Å². The first-order chi connectivity index (χ1) is 7.65. The van der Waals surface area contributed by atoms with E-state index in [1.54, 1.807) is 0 Å². The van der Waals surface area contributed by atoms with Crippen LogP contribution in [-0.2, 0) is 4.79 Å². The molecule has 4 heteroatoms. The summed E-state index contributed by atoms with van der Waals surface area (Å²) in [5, 5.41) is 10.7. The fraction of sp³-hybridized carbons (Fsp3) is 0.333. The Labute approximate surface area is 94.8 Å². The fourth-order valence-electron chi connectivity index (χ4n) is 1.35. The van der Waals surface area contributed by atoms with Crippen molar-refractivity contribution in [1.82, 2.24) is 5.32 Å². The van der Waals surface area contributed by atoms with Gasteiger partial charge < -0.3 is 10.1 Å². The predicted molar refractivity (Wildman–Crippen MR) is 60.0 cm³/mol. The maximum atomic E-state index is 11.2. The van der Waals surface area contributed by atoms with Crippen molar-refractivity contribution in [2.24, 2.45) is 0 Å². The Balaban J connectivity index is 2.55. The van der Waals surface area contributed by atoms with E-state index in [4.69, 9.17) is 10.00 Å². The van der Waals surface area contributed by atoms with Gasteiger partial charge in [-0.1, -0.05) is 18.2 Å². The molecule has 16 heavy (non-hydrogen) atoms. The number of hydrogen-bond acceptors (Lipinski definition) is 3. The maximum absolute atomic E-state index is 11.2. The van der Waals surface area contributed by atoms with Gasteiger partial charge in [-0.15, -0.1) is 0 Å². The maximum Gasteiger partial charge on any atom is 0.258 e. The minimum Gasteiger partial charge on any atom is -0.483 e. The summed E-state index contributed by atoms with van der Waals surface area (Å²) in [5.74, 6) is 0.443. The molecular weight excluding hydrogens is 204 g/mol. The highest BCUT2D eigenvalue weighted by Gasteiger charge is 2.06. The third-order valence-corrected chi connectivity index (χ3v) is 2.12. The van der Waals surface area contributed by atoms with Gasteiger partial charge in [0.05, 0.1) is 6.07 Å². The predicted octanol–water partition coefficient (Wildman–Crippen LogP) is 1.32. The molecule has 0 atom stereocenters. The number of rotatable bonds is 4. The molecule has 0 aliphatic rings. The molecule has 0 saturated heterocycles. The summed E-state index contributed by atoms with van der Waals surface area (Å²) >= 11 is 0. The largest absolute Gasteiger partial charge is 0.483 e. The molecule has 0 radical (unpaired) electrons. The third kappa shape index (κ3) is 3.28. The zero-order valence-electron chi connectivity index (χ0n) is 9.41. The van der Waals surface area contributed by atoms with Crippen LogP contribution in [-0.4, -0.2) is 19.1 Å². The fourth-order valence-corrected chi connectivity index (χ4v) is 1.35. The van der Waals surface area contributed by atoms with Crippen LogP contribution < -0.4 is 10.1 Å². The minimum atomic E-state index is -0.288. The van der Waals surface area contributed by atoms with E-state index in [0.29, 0.717) is 0 Å². The second-order valence-electron chi connectivity index (χ2n) is 3.44. The van der Waals surface area contributed by atoms with Crippen LogP contribution in [0.3, 0.4) is 0 Å². The Morgan fingerprint density at radius 1 is 1.44 bits per heavy atom. The van der Waals surface area contributed by atoms with E-state index in [-0.39, 0.29) is 19.1 Å². The lowest BCUT2D eigenvalue weighted by Crippen LogP contribution is -2.29. The molecule has 1 rings (SSSR count). The van der Waals surface area contributed by atoms with Gasteiger partial charge in [0.15, 0.2) is 6.61 Å². The lowest BCUT2D eigenvalue weighted by Gasteiger charge is -2.11. The molecule has 0 saturated carbocycles. The van der Waals surface area contributed by atoms with Gasteiger partial charge in [-0.25, -0.2) is 0 Å². The van der Waals surface area contributed by atoms with Crippen LogP contribution in [0.25, 0.3) is 0 Å². The summed E-state index contributed by atoms with van der Waals surface area (Å²) in [6.45, 7) is 3.80. The SMILES string of the molecule is Cc1cccc(C)c1OCC(=O)NCC#N. The number of benzene rings is 1. The van der Waals surface area contributed by atoms with Gasteiger partial charge >= 0.3 is 0 Å². The Morgan fingerprint density at radius 3 is 2.62 bits per heavy atom. The number of aryl methyl sites for hydroxylation is 2. The lowest BCUT2D eigenvalue weighted by atomic mass is 10.1. The first-order valence-electron chi connectivity index (χ1n) is 4.98. The number of carbonyl (C=O) groups is 1. The van der Waals surface area contributed by atoms with Crippen LogP contribution in [0.4, 0.5) is 0 Å². The van der Waals surface area contributed by atoms with Crippen LogP contribution >= 0.6 is 0 Å². The van der Waals surface area contributed by atoms with Crippen molar-refractivity contribution in [3.63, 3.8) is 0 Å². The highest BCUT2D eigenvalue weighted by atomic mass is 16.5. The number of hydrogen-bond donors (Lipinski definition) is 1. The van der Waals surface area contributed by atoms with Gasteiger partial charge in [-0.2, -0.15) is 5.26 Å². The molecule has 1 aromatic rings. The lowest BCUT2D eigenvalue weighted by molar-refractivity contribution is -0.122. The van der Waals surface area contributed by atoms with Gasteiger partial charge in [-0.3, -0.25) is 4.79 Å². The third-order valence-electron chi connectivity index (χ3n) is 2.12. The number of ether oxygens (including phenoxy) is 1. The zero-order valence-corrected chi connectivity index (χ0v) is 9.41. The van der Waals surface area contributed by atoms with Crippen LogP contribution in [0.15, 0.2) is 18.2 Å². The van der Waals surface area contributed by atoms with E-state index < -0.39 is 0 Å². The molecule has 0 aromatic heterocycles. The van der Waals surface area contributed by atoms with Crippen molar-refractivity contribution >= 4 is 5.91 Å². The molecule has 1 aromatic carbocycles. The van der Waals surface area contributed by atoms with Gasteiger partial charge in [0.25, 0.3) is 5.91 Å². The van der Waals surface area contributed by atoms with Gasteiger partial charge in [0.2, 0.25) is 0 Å². The number of amides is 1. The highest BCUT2D eigenvalue weighted by Crippen LogP contribution is 2.21. The van der Waals surface area contributed by atoms with Gasteiger partial charge in [0, 0.05) is 0 Å². The summed E-state index contributed by atoms with van der Waals surface area (Å²) < 4.78 is 5.40. The Bertz CT molecular complexity index is 401. The quantitative estimate of drug-likeness (QED) is 0.775. The van der Waals surface area contributed by atoms with Crippen LogP contribution in [0, 0.1) is 25.2 Å². The standard InChI is InChI=1S/C12H14N2O2/c1-9-4-3-5-10(2)12(9)16-8-11(15)14-7-6-13/h3-5H,7-8H2,1-2H3,(H,14,15). The summed E-state index contributed by atoms with van der Waals surface area (Å²) in [6.07, 6.45) is 0. The second kappa shape index (κ2) is 5.76. The second-order valence-corrected chi connectivity index (χ2v) is 3.44. The van der Waals surface area contributed by atoms with Crippen LogP contribution in [0.5, 0.6) is 5.75 Å². The van der Waals surface area contributed by atoms with E-state index in [2.05, 4.69) is 5.32 Å². The average molecular weight is 218 g/mol. The number of nitrogens with one attached hydrogen (secondary N) is 1. The first kappa shape index (κ1) is 12.1. The van der Waals surface area contributed by atoms with Gasteiger partial charge in [-0.05, 0) is 25.0 Å². The molecule has 0 spiro atoms. The molecule has 0 fully saturated rings. The number of nitrogens with zero attached hydrogens (tertiary/aromatic N) is 1. The minimum absolute atomic E-state index is 0.00888. The van der Waals surface area contributed by atoms with Crippen LogP contribution in [0.1, 0.15) is 11.1 Å². The molecule has 4 nitrogen and oxygen atoms in total. The highest BCUT2D eigenvalue weighted by molar-refractivity contribution is 5.77. The molecule has 0 aliphatic carbocycles. The molecule has 0 aliphatic heterocycles. The zero-order chi connectivity index (χ0) is 12.0. The van der Waals surface area contributed by atoms with E-state index in [1.807, 2.05) is 38.1 Å². The monoisotopic (exact) mass is 218 g/mol. The number of carbonyl (C=O) groups excluding carboxylic acids is 1. The molecule has 1 N–H and O–H groups in total. The average Bonchev–Trinajstić information content (AvgIpc) is 2.25. The van der Waals surface area contributed by atoms with E-state index in [9.17, 15) is 4.79 Å². The topological polar surface area (TPSA) is 62.1 Å². The Morgan fingerprint density at radius 2 is 2.06 bits per heavy atom. The summed E-state index contributed by atoms with van der Waals surface area (Å²) in [4.78, 5) is 11.2. The summed E-state index contributed by atoms with van der Waals surface area (Å²) in [7, 11) is 0. The van der Waals surface area contributed by atoms with Crippen molar-refractivity contribution in [1.29, 1.82) is 5.26 Å². The molecular formula is C12H14N2O2. The van der Waals surface area contributed by atoms with Gasteiger partial charge in [0.1, 0.15) is 12.3 Å². The molecule has 0 heterocycles. The number of nitriles is 1. The van der Waals surface area contributed by atoms with E-state index in [0.717, 1.165) is 16.9 Å². The normalized spacial score (nSPS) is 9.31. The van der Waals surface area contributed by atoms with Crippen LogP contribution in [0.2, 0.25) is 0 Å². The summed E-state index contributed by atoms with van der Waals surface area (Å²) in [6, 6.07) is 7.62. The first-order valence-corrected chi connectivity index (χ1v) is 4.98. The van der Waals surface area contributed by atoms with Crippen molar-refractivity contribution < 1.29 is 9.53 Å². The Kier molecular flexibility index (Phi) is 4.34. The molecule has 0 unspecified atom stereocenters. The summed E-state index contributed by atoms with van der Waals surface area (Å²) in [5.41, 5.74) is 1.99.